The maximum absolute atomic E-state index is 11.7. The van der Waals surface area contributed by atoms with Crippen molar-refractivity contribution in [2.75, 3.05) is 11.9 Å². The van der Waals surface area contributed by atoms with Crippen LogP contribution >= 0.6 is 0 Å². The van der Waals surface area contributed by atoms with Gasteiger partial charge in [0.05, 0.1) is 5.92 Å². The quantitative estimate of drug-likeness (QED) is 0.639. The standard InChI is InChI=1S/C11H12N2O/c14-11-10-7-3-1-2-4-8(7)13-9(10)5-6-12-11/h1-4,9-10,13H,5-6H2,(H,12,14). The monoisotopic (exact) mass is 188 g/mol. The van der Waals surface area contributed by atoms with E-state index in [2.05, 4.69) is 10.6 Å². The van der Waals surface area contributed by atoms with Crippen LogP contribution in [0.4, 0.5) is 5.69 Å². The van der Waals surface area contributed by atoms with Crippen molar-refractivity contribution >= 4 is 11.6 Å². The number of carbonyl (C=O) groups is 1. The largest absolute Gasteiger partial charge is 0.381 e. The Hall–Kier alpha value is -1.51. The first-order chi connectivity index (χ1) is 6.86. The summed E-state index contributed by atoms with van der Waals surface area (Å²) >= 11 is 0. The van der Waals surface area contributed by atoms with Crippen LogP contribution in [-0.4, -0.2) is 18.5 Å². The molecule has 3 rings (SSSR count). The number of benzene rings is 1. The highest BCUT2D eigenvalue weighted by Crippen LogP contribution is 2.38. The van der Waals surface area contributed by atoms with Crippen LogP contribution in [0.2, 0.25) is 0 Å². The van der Waals surface area contributed by atoms with Gasteiger partial charge in [-0.2, -0.15) is 0 Å². The molecule has 3 heteroatoms. The van der Waals surface area contributed by atoms with Gasteiger partial charge in [-0.3, -0.25) is 4.79 Å². The van der Waals surface area contributed by atoms with Crippen LogP contribution in [-0.2, 0) is 4.79 Å². The lowest BCUT2D eigenvalue weighted by Crippen LogP contribution is -2.43. The highest BCUT2D eigenvalue weighted by atomic mass is 16.2. The van der Waals surface area contributed by atoms with Gasteiger partial charge in [0.1, 0.15) is 0 Å². The molecule has 1 aromatic carbocycles. The van der Waals surface area contributed by atoms with Crippen molar-refractivity contribution in [3.8, 4) is 0 Å². The molecule has 2 unspecified atom stereocenters. The lowest BCUT2D eigenvalue weighted by atomic mass is 9.90. The first-order valence-corrected chi connectivity index (χ1v) is 4.99. The Morgan fingerprint density at radius 2 is 2.14 bits per heavy atom. The number of hydrogen-bond donors (Lipinski definition) is 2. The topological polar surface area (TPSA) is 41.1 Å². The van der Waals surface area contributed by atoms with Crippen LogP contribution in [0.25, 0.3) is 0 Å². The first-order valence-electron chi connectivity index (χ1n) is 4.99. The zero-order chi connectivity index (χ0) is 9.54. The van der Waals surface area contributed by atoms with Gasteiger partial charge in [0.25, 0.3) is 0 Å². The van der Waals surface area contributed by atoms with Gasteiger partial charge in [-0.1, -0.05) is 18.2 Å². The third-order valence-electron chi connectivity index (χ3n) is 3.08. The minimum Gasteiger partial charge on any atom is -0.381 e. The first kappa shape index (κ1) is 7.85. The second-order valence-electron chi connectivity index (χ2n) is 3.90. The molecule has 2 atom stereocenters. The summed E-state index contributed by atoms with van der Waals surface area (Å²) in [5.41, 5.74) is 2.27. The number of nitrogens with one attached hydrogen (secondary N) is 2. The molecule has 2 aliphatic rings. The minimum atomic E-state index is 0.0277. The third kappa shape index (κ3) is 0.953. The molecule has 0 radical (unpaired) electrons. The summed E-state index contributed by atoms with van der Waals surface area (Å²) in [5, 5.41) is 6.32. The molecule has 0 aromatic heterocycles. The zero-order valence-corrected chi connectivity index (χ0v) is 7.79. The van der Waals surface area contributed by atoms with Crippen molar-refractivity contribution in [1.29, 1.82) is 0 Å². The van der Waals surface area contributed by atoms with Crippen molar-refractivity contribution in [3.63, 3.8) is 0 Å². The number of piperidine rings is 1. The van der Waals surface area contributed by atoms with E-state index in [0.717, 1.165) is 24.2 Å². The van der Waals surface area contributed by atoms with E-state index < -0.39 is 0 Å². The van der Waals surface area contributed by atoms with Gasteiger partial charge in [0, 0.05) is 18.3 Å². The average Bonchev–Trinajstić information content (AvgIpc) is 2.57. The number of anilines is 1. The molecule has 2 heterocycles. The fourth-order valence-electron chi connectivity index (χ4n) is 2.42. The average molecular weight is 188 g/mol. The number of amides is 1. The summed E-state index contributed by atoms with van der Waals surface area (Å²) in [6.07, 6.45) is 1.02. The molecule has 14 heavy (non-hydrogen) atoms. The molecule has 1 saturated heterocycles. The number of fused-ring (bicyclic) bond motifs is 3. The van der Waals surface area contributed by atoms with E-state index >= 15 is 0 Å². The number of carbonyl (C=O) groups excluding carboxylic acids is 1. The summed E-state index contributed by atoms with van der Waals surface area (Å²) in [6, 6.07) is 8.38. The van der Waals surface area contributed by atoms with Crippen LogP contribution in [0.1, 0.15) is 17.9 Å². The Labute approximate surface area is 82.5 Å². The Bertz CT molecular complexity index is 389. The van der Waals surface area contributed by atoms with Crippen LogP contribution in [0.5, 0.6) is 0 Å². The summed E-state index contributed by atoms with van der Waals surface area (Å²) < 4.78 is 0. The normalized spacial score (nSPS) is 28.7. The summed E-state index contributed by atoms with van der Waals surface area (Å²) in [7, 11) is 0. The molecule has 0 bridgehead atoms. The van der Waals surface area contributed by atoms with E-state index in [1.165, 1.54) is 0 Å². The highest BCUT2D eigenvalue weighted by Gasteiger charge is 2.39. The SMILES string of the molecule is O=C1NCCC2Nc3ccccc3C12. The molecule has 0 saturated carbocycles. The molecule has 1 amide bonds. The van der Waals surface area contributed by atoms with Crippen molar-refractivity contribution in [3.05, 3.63) is 29.8 Å². The van der Waals surface area contributed by atoms with E-state index in [4.69, 9.17) is 0 Å². The van der Waals surface area contributed by atoms with Crippen LogP contribution in [0.15, 0.2) is 24.3 Å². The fraction of sp³-hybridized carbons (Fsp3) is 0.364. The van der Waals surface area contributed by atoms with Gasteiger partial charge in [0.15, 0.2) is 0 Å². The molecular formula is C11H12N2O. The maximum Gasteiger partial charge on any atom is 0.229 e. The molecular weight excluding hydrogens is 176 g/mol. The zero-order valence-electron chi connectivity index (χ0n) is 7.79. The van der Waals surface area contributed by atoms with Gasteiger partial charge in [-0.05, 0) is 18.1 Å². The van der Waals surface area contributed by atoms with E-state index in [1.807, 2.05) is 24.3 Å². The van der Waals surface area contributed by atoms with Crippen molar-refractivity contribution in [2.24, 2.45) is 0 Å². The summed E-state index contributed by atoms with van der Waals surface area (Å²) in [4.78, 5) is 11.7. The van der Waals surface area contributed by atoms with Crippen molar-refractivity contribution in [2.45, 2.75) is 18.4 Å². The van der Waals surface area contributed by atoms with Gasteiger partial charge in [-0.15, -0.1) is 0 Å². The second-order valence-corrected chi connectivity index (χ2v) is 3.90. The van der Waals surface area contributed by atoms with Crippen LogP contribution in [0, 0.1) is 0 Å². The smallest absolute Gasteiger partial charge is 0.229 e. The molecule has 1 fully saturated rings. The second kappa shape index (κ2) is 2.74. The van der Waals surface area contributed by atoms with E-state index in [0.29, 0.717) is 6.04 Å². The van der Waals surface area contributed by atoms with Gasteiger partial charge in [0.2, 0.25) is 5.91 Å². The van der Waals surface area contributed by atoms with Crippen molar-refractivity contribution in [1.82, 2.24) is 5.32 Å². The summed E-state index contributed by atoms with van der Waals surface area (Å²) in [5.74, 6) is 0.193. The highest BCUT2D eigenvalue weighted by molar-refractivity contribution is 5.89. The molecule has 1 aromatic rings. The molecule has 2 N–H and O–H groups in total. The Balaban J connectivity index is 2.07. The van der Waals surface area contributed by atoms with Gasteiger partial charge >= 0.3 is 0 Å². The fourth-order valence-corrected chi connectivity index (χ4v) is 2.42. The molecule has 0 spiro atoms. The van der Waals surface area contributed by atoms with E-state index in [1.54, 1.807) is 0 Å². The Morgan fingerprint density at radius 3 is 3.07 bits per heavy atom. The maximum atomic E-state index is 11.7. The number of rotatable bonds is 0. The lowest BCUT2D eigenvalue weighted by molar-refractivity contribution is -0.123. The van der Waals surface area contributed by atoms with Crippen LogP contribution in [0.3, 0.4) is 0 Å². The number of para-hydroxylation sites is 1. The minimum absolute atomic E-state index is 0.0277. The number of hydrogen-bond acceptors (Lipinski definition) is 2. The Kier molecular flexibility index (Phi) is 1.54. The molecule has 0 aliphatic carbocycles. The predicted octanol–water partition coefficient (Wildman–Crippen LogP) is 1.08. The van der Waals surface area contributed by atoms with Gasteiger partial charge < -0.3 is 10.6 Å². The van der Waals surface area contributed by atoms with Crippen LogP contribution < -0.4 is 10.6 Å². The lowest BCUT2D eigenvalue weighted by Gasteiger charge is -2.25. The molecule has 72 valence electrons. The van der Waals surface area contributed by atoms with E-state index in [-0.39, 0.29) is 11.8 Å². The predicted molar refractivity (Wildman–Crippen MR) is 54.2 cm³/mol. The van der Waals surface area contributed by atoms with Crippen molar-refractivity contribution < 1.29 is 4.79 Å². The molecule has 3 nitrogen and oxygen atoms in total. The van der Waals surface area contributed by atoms with Gasteiger partial charge in [-0.25, -0.2) is 0 Å². The molecule has 2 aliphatic heterocycles. The Morgan fingerprint density at radius 1 is 1.29 bits per heavy atom. The third-order valence-corrected chi connectivity index (χ3v) is 3.08. The van der Waals surface area contributed by atoms with E-state index in [9.17, 15) is 4.79 Å². The summed E-state index contributed by atoms with van der Waals surface area (Å²) in [6.45, 7) is 0.793.